The predicted molar refractivity (Wildman–Crippen MR) is 87.7 cm³/mol. The summed E-state index contributed by atoms with van der Waals surface area (Å²) in [5.74, 6) is 0.712. The van der Waals surface area contributed by atoms with Gasteiger partial charge in [-0.2, -0.15) is 0 Å². The van der Waals surface area contributed by atoms with Crippen molar-refractivity contribution < 1.29 is 9.53 Å². The molecule has 0 bridgehead atoms. The minimum absolute atomic E-state index is 0.0723. The fraction of sp³-hybridized carbons (Fsp3) is 0.706. The van der Waals surface area contributed by atoms with E-state index < -0.39 is 0 Å². The molecule has 0 saturated carbocycles. The van der Waals surface area contributed by atoms with E-state index in [1.165, 1.54) is 15.3 Å². The van der Waals surface area contributed by atoms with Gasteiger partial charge < -0.3 is 10.1 Å². The Bertz CT molecular complexity index is 477. The Labute approximate surface area is 132 Å². The molecule has 1 aliphatic heterocycles. The van der Waals surface area contributed by atoms with Gasteiger partial charge in [-0.25, -0.2) is 0 Å². The quantitative estimate of drug-likeness (QED) is 0.897. The Morgan fingerprint density at radius 2 is 2.10 bits per heavy atom. The molecule has 2 atom stereocenters. The predicted octanol–water partition coefficient (Wildman–Crippen LogP) is 3.86. The first kappa shape index (κ1) is 16.5. The van der Waals surface area contributed by atoms with Gasteiger partial charge in [-0.05, 0) is 50.7 Å². The zero-order valence-corrected chi connectivity index (χ0v) is 14.4. The molecule has 0 aromatic carbocycles. The summed E-state index contributed by atoms with van der Waals surface area (Å²) >= 11 is 1.82. The second-order valence-electron chi connectivity index (χ2n) is 6.08. The molecule has 0 unspecified atom stereocenters. The van der Waals surface area contributed by atoms with Gasteiger partial charge in [0.2, 0.25) is 5.91 Å². The molecule has 2 rings (SSSR count). The average molecular weight is 309 g/mol. The lowest BCUT2D eigenvalue weighted by atomic mass is 9.86. The third kappa shape index (κ3) is 4.07. The van der Waals surface area contributed by atoms with E-state index in [0.717, 1.165) is 32.5 Å². The molecule has 0 radical (unpaired) electrons. The van der Waals surface area contributed by atoms with Crippen molar-refractivity contribution in [2.24, 2.45) is 11.8 Å². The first-order valence-corrected chi connectivity index (χ1v) is 8.81. The summed E-state index contributed by atoms with van der Waals surface area (Å²) in [5.41, 5.74) is 1.34. The summed E-state index contributed by atoms with van der Waals surface area (Å²) in [5, 5.41) is 3.19. The van der Waals surface area contributed by atoms with Crippen molar-refractivity contribution in [2.45, 2.75) is 53.0 Å². The Hall–Kier alpha value is -0.870. The first-order valence-electron chi connectivity index (χ1n) is 8.00. The van der Waals surface area contributed by atoms with Crippen LogP contribution in [0.5, 0.6) is 0 Å². The van der Waals surface area contributed by atoms with Crippen molar-refractivity contribution >= 4 is 17.2 Å². The fourth-order valence-corrected chi connectivity index (χ4v) is 4.08. The summed E-state index contributed by atoms with van der Waals surface area (Å²) in [6, 6.07) is 2.32. The second-order valence-corrected chi connectivity index (χ2v) is 7.25. The molecular formula is C17H27NO2S. The lowest BCUT2D eigenvalue weighted by Gasteiger charge is -2.27. The molecule has 1 aromatic heterocycles. The van der Waals surface area contributed by atoms with E-state index in [0.29, 0.717) is 5.92 Å². The Morgan fingerprint density at radius 3 is 2.67 bits per heavy atom. The van der Waals surface area contributed by atoms with Crippen LogP contribution in [-0.4, -0.2) is 19.1 Å². The standard InChI is InChI=1S/C17H27NO2S/c1-5-15-11(2)10-16(21-15)13(4)18-17(19)12(3)14-6-8-20-9-7-14/h10,12-14H,5-9H2,1-4H3,(H,18,19)/t12-,13+/m1/s1. The number of thiophene rings is 1. The maximum absolute atomic E-state index is 12.4. The largest absolute Gasteiger partial charge is 0.381 e. The highest BCUT2D eigenvalue weighted by Crippen LogP contribution is 2.29. The third-order valence-electron chi connectivity index (χ3n) is 4.53. The molecule has 1 fully saturated rings. The Balaban J connectivity index is 1.94. The lowest BCUT2D eigenvalue weighted by Crippen LogP contribution is -2.36. The number of carbonyl (C=O) groups is 1. The highest BCUT2D eigenvalue weighted by molar-refractivity contribution is 7.12. The summed E-state index contributed by atoms with van der Waals surface area (Å²) in [4.78, 5) is 15.1. The molecule has 3 nitrogen and oxygen atoms in total. The van der Waals surface area contributed by atoms with Gasteiger partial charge in [0.25, 0.3) is 0 Å². The molecule has 21 heavy (non-hydrogen) atoms. The topological polar surface area (TPSA) is 38.3 Å². The van der Waals surface area contributed by atoms with Crippen LogP contribution < -0.4 is 5.32 Å². The van der Waals surface area contributed by atoms with E-state index in [9.17, 15) is 4.79 Å². The number of amides is 1. The van der Waals surface area contributed by atoms with Gasteiger partial charge in [-0.3, -0.25) is 4.79 Å². The molecule has 1 aromatic rings. The highest BCUT2D eigenvalue weighted by atomic mass is 32.1. The van der Waals surface area contributed by atoms with Crippen molar-refractivity contribution in [1.29, 1.82) is 0 Å². The van der Waals surface area contributed by atoms with Crippen LogP contribution in [0.2, 0.25) is 0 Å². The number of hydrogen-bond donors (Lipinski definition) is 1. The minimum atomic E-state index is 0.0723. The zero-order chi connectivity index (χ0) is 15.4. The van der Waals surface area contributed by atoms with Gasteiger partial charge >= 0.3 is 0 Å². The Morgan fingerprint density at radius 1 is 1.43 bits per heavy atom. The van der Waals surface area contributed by atoms with Crippen LogP contribution in [0.15, 0.2) is 6.07 Å². The van der Waals surface area contributed by atoms with E-state index in [2.05, 4.69) is 39.1 Å². The zero-order valence-electron chi connectivity index (χ0n) is 13.6. The summed E-state index contributed by atoms with van der Waals surface area (Å²) in [7, 11) is 0. The van der Waals surface area contributed by atoms with Crippen molar-refractivity contribution in [3.63, 3.8) is 0 Å². The van der Waals surface area contributed by atoms with Crippen LogP contribution in [0.1, 0.15) is 55.0 Å². The molecule has 0 aliphatic carbocycles. The molecule has 1 N–H and O–H groups in total. The van der Waals surface area contributed by atoms with Crippen LogP contribution in [-0.2, 0) is 16.0 Å². The number of rotatable bonds is 5. The van der Waals surface area contributed by atoms with E-state index in [4.69, 9.17) is 4.74 Å². The van der Waals surface area contributed by atoms with Gasteiger partial charge in [0.05, 0.1) is 6.04 Å². The molecule has 1 aliphatic rings. The number of nitrogens with one attached hydrogen (secondary N) is 1. The summed E-state index contributed by atoms with van der Waals surface area (Å²) < 4.78 is 5.38. The van der Waals surface area contributed by atoms with Gasteiger partial charge in [0, 0.05) is 28.9 Å². The summed E-state index contributed by atoms with van der Waals surface area (Å²) in [6.07, 6.45) is 3.07. The number of aryl methyl sites for hydroxylation is 2. The van der Waals surface area contributed by atoms with Crippen LogP contribution in [0.4, 0.5) is 0 Å². The van der Waals surface area contributed by atoms with Crippen molar-refractivity contribution in [3.05, 3.63) is 21.4 Å². The van der Waals surface area contributed by atoms with Crippen molar-refractivity contribution in [1.82, 2.24) is 5.32 Å². The minimum Gasteiger partial charge on any atom is -0.381 e. The molecule has 0 spiro atoms. The van der Waals surface area contributed by atoms with Crippen molar-refractivity contribution in [2.75, 3.05) is 13.2 Å². The average Bonchev–Trinajstić information content (AvgIpc) is 2.88. The van der Waals surface area contributed by atoms with Gasteiger partial charge in [0.1, 0.15) is 0 Å². The molecule has 118 valence electrons. The van der Waals surface area contributed by atoms with E-state index in [1.807, 2.05) is 11.3 Å². The fourth-order valence-electron chi connectivity index (χ4n) is 2.96. The van der Waals surface area contributed by atoms with Crippen LogP contribution in [0, 0.1) is 18.8 Å². The Kier molecular flexibility index (Phi) is 5.82. The van der Waals surface area contributed by atoms with Gasteiger partial charge in [0.15, 0.2) is 0 Å². The highest BCUT2D eigenvalue weighted by Gasteiger charge is 2.27. The molecule has 1 amide bonds. The number of ether oxygens (including phenoxy) is 1. The smallest absolute Gasteiger partial charge is 0.223 e. The third-order valence-corrected chi connectivity index (χ3v) is 6.10. The lowest BCUT2D eigenvalue weighted by molar-refractivity contribution is -0.127. The maximum Gasteiger partial charge on any atom is 0.223 e. The van der Waals surface area contributed by atoms with E-state index in [1.54, 1.807) is 0 Å². The number of hydrogen-bond acceptors (Lipinski definition) is 3. The molecule has 1 saturated heterocycles. The van der Waals surface area contributed by atoms with Gasteiger partial charge in [-0.15, -0.1) is 11.3 Å². The van der Waals surface area contributed by atoms with E-state index in [-0.39, 0.29) is 17.9 Å². The van der Waals surface area contributed by atoms with Gasteiger partial charge in [-0.1, -0.05) is 13.8 Å². The molecular weight excluding hydrogens is 282 g/mol. The van der Waals surface area contributed by atoms with Crippen LogP contribution in [0.25, 0.3) is 0 Å². The number of carbonyl (C=O) groups excluding carboxylic acids is 1. The molecule has 4 heteroatoms. The normalized spacial score (nSPS) is 19.2. The van der Waals surface area contributed by atoms with E-state index >= 15 is 0 Å². The SMILES string of the molecule is CCc1sc([C@H](C)NC(=O)[C@H](C)C2CCOCC2)cc1C. The van der Waals surface area contributed by atoms with Crippen LogP contribution in [0.3, 0.4) is 0 Å². The molecule has 2 heterocycles. The van der Waals surface area contributed by atoms with Crippen LogP contribution >= 0.6 is 11.3 Å². The summed E-state index contributed by atoms with van der Waals surface area (Å²) in [6.45, 7) is 10.1. The van der Waals surface area contributed by atoms with Crippen molar-refractivity contribution in [3.8, 4) is 0 Å². The monoisotopic (exact) mass is 309 g/mol. The first-order chi connectivity index (χ1) is 10.0. The second kappa shape index (κ2) is 7.41. The maximum atomic E-state index is 12.4.